The van der Waals surface area contributed by atoms with Crippen molar-refractivity contribution in [2.24, 2.45) is 10.8 Å². The number of rotatable bonds is 5. The van der Waals surface area contributed by atoms with Crippen LogP contribution in [0.5, 0.6) is 0 Å². The van der Waals surface area contributed by atoms with Crippen LogP contribution in [0.25, 0.3) is 0 Å². The number of fused-ring (bicyclic) bond motifs is 1. The molecule has 0 bridgehead atoms. The zero-order valence-corrected chi connectivity index (χ0v) is 15.7. The minimum atomic E-state index is -0.624. The van der Waals surface area contributed by atoms with Crippen molar-refractivity contribution in [3.8, 4) is 0 Å². The molecule has 132 valence electrons. The predicted octanol–water partition coefficient (Wildman–Crippen LogP) is 5.28. The highest BCUT2D eigenvalue weighted by Crippen LogP contribution is 2.51. The minimum absolute atomic E-state index is 0.213. The summed E-state index contributed by atoms with van der Waals surface area (Å²) in [7, 11) is 0. The zero-order valence-electron chi connectivity index (χ0n) is 15.7. The molecule has 3 heteroatoms. The van der Waals surface area contributed by atoms with Gasteiger partial charge in [-0.25, -0.2) is 0 Å². The van der Waals surface area contributed by atoms with E-state index in [9.17, 15) is 9.59 Å². The van der Waals surface area contributed by atoms with Crippen LogP contribution < -0.4 is 0 Å². The van der Waals surface area contributed by atoms with Crippen LogP contribution in [-0.4, -0.2) is 11.8 Å². The Morgan fingerprint density at radius 2 is 1.83 bits per heavy atom. The van der Waals surface area contributed by atoms with Gasteiger partial charge in [-0.2, -0.15) is 0 Å². The van der Waals surface area contributed by atoms with Crippen molar-refractivity contribution in [3.05, 3.63) is 35.1 Å². The number of carbonyl (C=O) groups is 2. The summed E-state index contributed by atoms with van der Waals surface area (Å²) in [6.07, 6.45) is 10.3. The first-order chi connectivity index (χ1) is 11.2. The maximum absolute atomic E-state index is 13.1. The summed E-state index contributed by atoms with van der Waals surface area (Å²) in [6.45, 7) is 10.3. The molecule has 24 heavy (non-hydrogen) atoms. The van der Waals surface area contributed by atoms with Crippen LogP contribution >= 0.6 is 0 Å². The van der Waals surface area contributed by atoms with Crippen LogP contribution in [0.1, 0.15) is 73.1 Å². The molecule has 2 atom stereocenters. The van der Waals surface area contributed by atoms with E-state index in [-0.39, 0.29) is 17.2 Å². The van der Waals surface area contributed by atoms with Crippen molar-refractivity contribution in [1.82, 2.24) is 0 Å². The summed E-state index contributed by atoms with van der Waals surface area (Å²) in [5, 5.41) is 0. The number of ketones is 1. The molecule has 0 aromatic heterocycles. The van der Waals surface area contributed by atoms with Gasteiger partial charge < -0.3 is 4.74 Å². The first-order valence-corrected chi connectivity index (χ1v) is 8.91. The van der Waals surface area contributed by atoms with Crippen LogP contribution in [0.4, 0.5) is 0 Å². The number of ether oxygens (including phenoxy) is 1. The molecule has 1 aliphatic carbocycles. The molecule has 0 amide bonds. The molecule has 2 aliphatic rings. The first-order valence-electron chi connectivity index (χ1n) is 8.91. The molecular weight excluding hydrogens is 300 g/mol. The summed E-state index contributed by atoms with van der Waals surface area (Å²) >= 11 is 0. The fraction of sp³-hybridized carbons (Fsp3) is 0.619. The van der Waals surface area contributed by atoms with Crippen molar-refractivity contribution < 1.29 is 14.3 Å². The third kappa shape index (κ3) is 4.06. The summed E-state index contributed by atoms with van der Waals surface area (Å²) in [6, 6.07) is 0. The number of allylic oxidation sites excluding steroid dienone is 6. The van der Waals surface area contributed by atoms with Crippen molar-refractivity contribution in [1.29, 1.82) is 0 Å². The first kappa shape index (κ1) is 18.7. The standard InChI is InChI=1S/C21H30O3/c1-15(2)7-6-10-20(5)13-17(22)21(11-8-16(3)4)12-9-19(23)24-18(21)14-20/h7-8,14H,6,9-13H2,1-5H3/t20-,21-/m1/s1. The Morgan fingerprint density at radius 1 is 1.17 bits per heavy atom. The SMILES string of the molecule is CC(C)=CCC[C@@]1(C)C=C2OC(=O)CC[C@]2(CC=C(C)C)C(=O)C1. The fourth-order valence-electron chi connectivity index (χ4n) is 3.60. The molecule has 1 saturated heterocycles. The molecule has 0 radical (unpaired) electrons. The van der Waals surface area contributed by atoms with E-state index in [0.717, 1.165) is 12.8 Å². The Balaban J connectivity index is 2.33. The van der Waals surface area contributed by atoms with E-state index in [4.69, 9.17) is 4.74 Å². The van der Waals surface area contributed by atoms with Crippen LogP contribution in [0.15, 0.2) is 35.1 Å². The van der Waals surface area contributed by atoms with Gasteiger partial charge in [0.25, 0.3) is 0 Å². The molecule has 1 aliphatic heterocycles. The van der Waals surface area contributed by atoms with E-state index in [0.29, 0.717) is 31.4 Å². The second-order valence-electron chi connectivity index (χ2n) is 8.12. The highest BCUT2D eigenvalue weighted by Gasteiger charge is 2.51. The lowest BCUT2D eigenvalue weighted by Crippen LogP contribution is -2.45. The molecule has 1 fully saturated rings. The topological polar surface area (TPSA) is 43.4 Å². The largest absolute Gasteiger partial charge is 0.430 e. The molecule has 0 unspecified atom stereocenters. The fourth-order valence-corrected chi connectivity index (χ4v) is 3.60. The van der Waals surface area contributed by atoms with Gasteiger partial charge in [0.15, 0.2) is 0 Å². The molecule has 2 rings (SSSR count). The van der Waals surface area contributed by atoms with Gasteiger partial charge in [0.1, 0.15) is 11.5 Å². The van der Waals surface area contributed by atoms with Crippen LogP contribution in [0.2, 0.25) is 0 Å². The number of hydrogen-bond acceptors (Lipinski definition) is 3. The van der Waals surface area contributed by atoms with Gasteiger partial charge in [-0.3, -0.25) is 9.59 Å². The van der Waals surface area contributed by atoms with Crippen molar-refractivity contribution >= 4 is 11.8 Å². The maximum atomic E-state index is 13.1. The van der Waals surface area contributed by atoms with Crippen molar-refractivity contribution in [2.75, 3.05) is 0 Å². The van der Waals surface area contributed by atoms with Gasteiger partial charge in [0, 0.05) is 12.8 Å². The van der Waals surface area contributed by atoms with Gasteiger partial charge in [-0.15, -0.1) is 0 Å². The number of esters is 1. The lowest BCUT2D eigenvalue weighted by atomic mass is 9.62. The van der Waals surface area contributed by atoms with Gasteiger partial charge in [-0.05, 0) is 64.9 Å². The Bertz CT molecular complexity index is 615. The number of hydrogen-bond donors (Lipinski definition) is 0. The van der Waals surface area contributed by atoms with E-state index >= 15 is 0 Å². The smallest absolute Gasteiger partial charge is 0.310 e. The Kier molecular flexibility index (Phi) is 5.52. The Hall–Kier alpha value is -1.64. The molecular formula is C21H30O3. The predicted molar refractivity (Wildman–Crippen MR) is 96.3 cm³/mol. The average molecular weight is 330 g/mol. The highest BCUT2D eigenvalue weighted by molar-refractivity contribution is 5.92. The Morgan fingerprint density at radius 3 is 2.46 bits per heavy atom. The third-order valence-electron chi connectivity index (χ3n) is 5.16. The van der Waals surface area contributed by atoms with Gasteiger partial charge >= 0.3 is 5.97 Å². The van der Waals surface area contributed by atoms with Crippen LogP contribution in [0, 0.1) is 10.8 Å². The molecule has 0 aromatic rings. The number of carbonyl (C=O) groups excluding carboxylic acids is 2. The van der Waals surface area contributed by atoms with E-state index in [1.165, 1.54) is 11.1 Å². The lowest BCUT2D eigenvalue weighted by Gasteiger charge is -2.44. The van der Waals surface area contributed by atoms with Crippen molar-refractivity contribution in [2.45, 2.75) is 73.1 Å². The monoisotopic (exact) mass is 330 g/mol. The van der Waals surface area contributed by atoms with E-state index in [1.54, 1.807) is 0 Å². The van der Waals surface area contributed by atoms with Crippen molar-refractivity contribution in [3.63, 3.8) is 0 Å². The van der Waals surface area contributed by atoms with Gasteiger partial charge in [0.05, 0.1) is 5.41 Å². The van der Waals surface area contributed by atoms with Gasteiger partial charge in [-0.1, -0.05) is 30.2 Å². The normalized spacial score (nSPS) is 29.3. The second-order valence-corrected chi connectivity index (χ2v) is 8.12. The summed E-state index contributed by atoms with van der Waals surface area (Å²) in [5.74, 6) is 0.618. The van der Waals surface area contributed by atoms with Gasteiger partial charge in [0.2, 0.25) is 0 Å². The maximum Gasteiger partial charge on any atom is 0.310 e. The average Bonchev–Trinajstić information content (AvgIpc) is 2.45. The Labute approximate surface area is 145 Å². The van der Waals surface area contributed by atoms with E-state index < -0.39 is 5.41 Å². The van der Waals surface area contributed by atoms with Crippen LogP contribution in [-0.2, 0) is 14.3 Å². The summed E-state index contributed by atoms with van der Waals surface area (Å²) in [5.41, 5.74) is 1.62. The van der Waals surface area contributed by atoms with E-state index in [1.807, 2.05) is 13.8 Å². The summed E-state index contributed by atoms with van der Waals surface area (Å²) < 4.78 is 5.58. The molecule has 0 saturated carbocycles. The summed E-state index contributed by atoms with van der Waals surface area (Å²) in [4.78, 5) is 24.9. The molecule has 0 aromatic carbocycles. The molecule has 0 spiro atoms. The molecule has 1 heterocycles. The lowest BCUT2D eigenvalue weighted by molar-refractivity contribution is -0.151. The van der Waals surface area contributed by atoms with Crippen LogP contribution in [0.3, 0.4) is 0 Å². The highest BCUT2D eigenvalue weighted by atomic mass is 16.5. The zero-order chi connectivity index (χ0) is 18.0. The quantitative estimate of drug-likeness (QED) is 0.509. The minimum Gasteiger partial charge on any atom is -0.430 e. The molecule has 0 N–H and O–H groups in total. The third-order valence-corrected chi connectivity index (χ3v) is 5.16. The van der Waals surface area contributed by atoms with E-state index in [2.05, 4.69) is 39.0 Å². The number of Topliss-reactive ketones (excluding diaryl/α,β-unsaturated/α-hetero) is 1. The molecule has 3 nitrogen and oxygen atoms in total. The second kappa shape index (κ2) is 7.08.